The van der Waals surface area contributed by atoms with Crippen molar-refractivity contribution in [3.05, 3.63) is 40.6 Å². The number of halogens is 1. The Morgan fingerprint density at radius 2 is 2.31 bits per heavy atom. The lowest BCUT2D eigenvalue weighted by molar-refractivity contribution is 0.166. The fourth-order valence-corrected chi connectivity index (χ4v) is 1.20. The van der Waals surface area contributed by atoms with Gasteiger partial charge in [0.2, 0.25) is 0 Å². The van der Waals surface area contributed by atoms with Gasteiger partial charge in [0.1, 0.15) is 11.2 Å². The molecule has 0 aliphatic carbocycles. The van der Waals surface area contributed by atoms with Crippen LogP contribution < -0.4 is 0 Å². The van der Waals surface area contributed by atoms with Crippen LogP contribution in [0.3, 0.4) is 0 Å². The Morgan fingerprint density at radius 3 is 2.88 bits per heavy atom. The molecule has 0 aliphatic heterocycles. The third-order valence-electron chi connectivity index (χ3n) is 2.12. The van der Waals surface area contributed by atoms with Crippen molar-refractivity contribution in [1.82, 2.24) is 4.98 Å². The molecule has 0 bridgehead atoms. The molecule has 1 aromatic rings. The second-order valence-corrected chi connectivity index (χ2v) is 4.24. The molecule has 0 saturated carbocycles. The molecule has 0 spiro atoms. The molecule has 0 atom stereocenters. The van der Waals surface area contributed by atoms with Crippen molar-refractivity contribution in [2.45, 2.75) is 20.3 Å². The van der Waals surface area contributed by atoms with E-state index in [1.165, 1.54) is 0 Å². The molecule has 0 amide bonds. The van der Waals surface area contributed by atoms with Gasteiger partial charge in [-0.15, -0.1) is 0 Å². The molecule has 1 rings (SSSR count). The summed E-state index contributed by atoms with van der Waals surface area (Å²) in [7, 11) is 0. The quantitative estimate of drug-likeness (QED) is 0.358. The van der Waals surface area contributed by atoms with E-state index in [1.807, 2.05) is 26.0 Å². The molecule has 4 heteroatoms. The van der Waals surface area contributed by atoms with Crippen LogP contribution in [0.5, 0.6) is 0 Å². The lowest BCUT2D eigenvalue weighted by Gasteiger charge is -2.03. The van der Waals surface area contributed by atoms with Crippen LogP contribution in [0.1, 0.15) is 25.8 Å². The Bertz CT molecular complexity index is 385. The van der Waals surface area contributed by atoms with Gasteiger partial charge in [0.25, 0.3) is 0 Å². The van der Waals surface area contributed by atoms with E-state index in [-0.39, 0.29) is 0 Å². The molecule has 3 nitrogen and oxygen atoms in total. The summed E-state index contributed by atoms with van der Waals surface area (Å²) >= 11 is 3.28. The van der Waals surface area contributed by atoms with Crippen molar-refractivity contribution < 1.29 is 4.84 Å². The molecule has 0 saturated heterocycles. The Morgan fingerprint density at radius 1 is 1.56 bits per heavy atom. The van der Waals surface area contributed by atoms with Gasteiger partial charge >= 0.3 is 0 Å². The standard InChI is InChI=1S/C12H15BrN2O/c1-4-9(2)8-16-15-10(3)11-5-6-12(13)14-7-11/h5-7H,2,4,8H2,1,3H3/b15-10+. The first-order chi connectivity index (χ1) is 7.63. The zero-order valence-electron chi connectivity index (χ0n) is 9.53. The minimum absolute atomic E-state index is 0.470. The van der Waals surface area contributed by atoms with E-state index in [4.69, 9.17) is 4.84 Å². The number of pyridine rings is 1. The highest BCUT2D eigenvalue weighted by Crippen LogP contribution is 2.07. The molecule has 0 aromatic carbocycles. The summed E-state index contributed by atoms with van der Waals surface area (Å²) in [6, 6.07) is 3.81. The number of nitrogens with zero attached hydrogens (tertiary/aromatic N) is 2. The summed E-state index contributed by atoms with van der Waals surface area (Å²) in [4.78, 5) is 9.30. The molecule has 0 unspecified atom stereocenters. The van der Waals surface area contributed by atoms with Crippen LogP contribution in [0, 0.1) is 0 Å². The lowest BCUT2D eigenvalue weighted by Crippen LogP contribution is -1.99. The van der Waals surface area contributed by atoms with E-state index in [1.54, 1.807) is 6.20 Å². The van der Waals surface area contributed by atoms with Crippen LogP contribution in [-0.2, 0) is 4.84 Å². The van der Waals surface area contributed by atoms with Gasteiger partial charge < -0.3 is 4.84 Å². The van der Waals surface area contributed by atoms with Gasteiger partial charge in [-0.1, -0.05) is 18.7 Å². The maximum absolute atomic E-state index is 5.18. The SMILES string of the molecule is C=C(CC)CO/N=C(\C)c1ccc(Br)nc1. The molecule has 0 N–H and O–H groups in total. The highest BCUT2D eigenvalue weighted by Gasteiger charge is 1.98. The summed E-state index contributed by atoms with van der Waals surface area (Å²) in [6.07, 6.45) is 2.66. The molecule has 0 aliphatic rings. The minimum Gasteiger partial charge on any atom is -0.391 e. The highest BCUT2D eigenvalue weighted by atomic mass is 79.9. The van der Waals surface area contributed by atoms with Crippen molar-refractivity contribution in [3.63, 3.8) is 0 Å². The van der Waals surface area contributed by atoms with Gasteiger partial charge in [-0.3, -0.25) is 0 Å². The zero-order valence-corrected chi connectivity index (χ0v) is 11.1. The maximum atomic E-state index is 5.18. The Hall–Kier alpha value is -1.16. The number of aromatic nitrogens is 1. The second kappa shape index (κ2) is 6.43. The van der Waals surface area contributed by atoms with E-state index in [0.717, 1.165) is 27.9 Å². The van der Waals surface area contributed by atoms with Crippen LogP contribution in [0.4, 0.5) is 0 Å². The molecular weight excluding hydrogens is 268 g/mol. The van der Waals surface area contributed by atoms with Crippen molar-refractivity contribution in [2.75, 3.05) is 6.61 Å². The molecular formula is C12H15BrN2O. The van der Waals surface area contributed by atoms with Crippen molar-refractivity contribution in [3.8, 4) is 0 Å². The summed E-state index contributed by atoms with van der Waals surface area (Å²) in [5.41, 5.74) is 2.79. The van der Waals surface area contributed by atoms with E-state index >= 15 is 0 Å². The fraction of sp³-hybridized carbons (Fsp3) is 0.333. The van der Waals surface area contributed by atoms with E-state index < -0.39 is 0 Å². The first-order valence-electron chi connectivity index (χ1n) is 5.08. The zero-order chi connectivity index (χ0) is 12.0. The van der Waals surface area contributed by atoms with Gasteiger partial charge in [0.05, 0.1) is 5.71 Å². The number of oxime groups is 1. The van der Waals surface area contributed by atoms with E-state index in [9.17, 15) is 0 Å². The number of hydrogen-bond acceptors (Lipinski definition) is 3. The molecule has 1 aromatic heterocycles. The summed E-state index contributed by atoms with van der Waals surface area (Å²) < 4.78 is 0.810. The largest absolute Gasteiger partial charge is 0.391 e. The number of rotatable bonds is 5. The van der Waals surface area contributed by atoms with Crippen molar-refractivity contribution in [1.29, 1.82) is 0 Å². The smallest absolute Gasteiger partial charge is 0.138 e. The summed E-state index contributed by atoms with van der Waals surface area (Å²) in [5, 5.41) is 4.01. The minimum atomic E-state index is 0.470. The van der Waals surface area contributed by atoms with Crippen LogP contribution >= 0.6 is 15.9 Å². The fourth-order valence-electron chi connectivity index (χ4n) is 0.965. The second-order valence-electron chi connectivity index (χ2n) is 3.42. The monoisotopic (exact) mass is 282 g/mol. The van der Waals surface area contributed by atoms with Crippen LogP contribution in [0.15, 0.2) is 40.2 Å². The Kier molecular flexibility index (Phi) is 5.19. The normalized spacial score (nSPS) is 11.3. The maximum Gasteiger partial charge on any atom is 0.138 e. The molecule has 0 fully saturated rings. The highest BCUT2D eigenvalue weighted by molar-refractivity contribution is 9.10. The lowest BCUT2D eigenvalue weighted by atomic mass is 10.2. The topological polar surface area (TPSA) is 34.5 Å². The van der Waals surface area contributed by atoms with Gasteiger partial charge in [-0.25, -0.2) is 4.98 Å². The van der Waals surface area contributed by atoms with Gasteiger partial charge in [0, 0.05) is 11.8 Å². The van der Waals surface area contributed by atoms with Gasteiger partial charge in [-0.2, -0.15) is 0 Å². The Balaban J connectivity index is 2.56. The first kappa shape index (κ1) is 12.9. The summed E-state index contributed by atoms with van der Waals surface area (Å²) in [6.45, 7) is 8.24. The Labute approximate surface area is 104 Å². The molecule has 1 heterocycles. The third kappa shape index (κ3) is 4.14. The predicted molar refractivity (Wildman–Crippen MR) is 69.5 cm³/mol. The molecule has 16 heavy (non-hydrogen) atoms. The first-order valence-corrected chi connectivity index (χ1v) is 5.88. The van der Waals surface area contributed by atoms with Crippen LogP contribution in [-0.4, -0.2) is 17.3 Å². The average molecular weight is 283 g/mol. The van der Waals surface area contributed by atoms with Crippen LogP contribution in [0.25, 0.3) is 0 Å². The van der Waals surface area contributed by atoms with E-state index in [0.29, 0.717) is 6.61 Å². The average Bonchev–Trinajstić information content (AvgIpc) is 2.29. The van der Waals surface area contributed by atoms with E-state index in [2.05, 4.69) is 32.6 Å². The van der Waals surface area contributed by atoms with Crippen LogP contribution in [0.2, 0.25) is 0 Å². The molecule has 86 valence electrons. The number of hydrogen-bond donors (Lipinski definition) is 0. The van der Waals surface area contributed by atoms with Crippen molar-refractivity contribution >= 4 is 21.6 Å². The van der Waals surface area contributed by atoms with Gasteiger partial charge in [0.15, 0.2) is 0 Å². The molecule has 0 radical (unpaired) electrons. The van der Waals surface area contributed by atoms with Crippen molar-refractivity contribution in [2.24, 2.45) is 5.16 Å². The predicted octanol–water partition coefficient (Wildman–Crippen LogP) is 3.55. The van der Waals surface area contributed by atoms with Gasteiger partial charge in [-0.05, 0) is 47.0 Å². The third-order valence-corrected chi connectivity index (χ3v) is 2.58. The summed E-state index contributed by atoms with van der Waals surface area (Å²) in [5.74, 6) is 0.